The van der Waals surface area contributed by atoms with Gasteiger partial charge in [0, 0.05) is 11.0 Å². The molecule has 0 amide bonds. The summed E-state index contributed by atoms with van der Waals surface area (Å²) in [5.41, 5.74) is 2.78. The summed E-state index contributed by atoms with van der Waals surface area (Å²) in [6.45, 7) is 3.86. The van der Waals surface area contributed by atoms with E-state index in [9.17, 15) is 14.3 Å². The average Bonchev–Trinajstić information content (AvgIpc) is 2.41. The number of aromatic carboxylic acids is 1. The van der Waals surface area contributed by atoms with E-state index in [4.69, 9.17) is 0 Å². The molecule has 0 atom stereocenters. The number of rotatable bonds is 4. The predicted molar refractivity (Wildman–Crippen MR) is 84.3 cm³/mol. The number of halogens is 2. The van der Waals surface area contributed by atoms with E-state index in [0.717, 1.165) is 5.56 Å². The van der Waals surface area contributed by atoms with Crippen molar-refractivity contribution in [2.45, 2.75) is 20.4 Å². The molecule has 110 valence electrons. The van der Waals surface area contributed by atoms with Gasteiger partial charge in [-0.25, -0.2) is 9.18 Å². The Labute approximate surface area is 130 Å². The van der Waals surface area contributed by atoms with Gasteiger partial charge < -0.3 is 10.4 Å². The smallest absolute Gasteiger partial charge is 0.338 e. The van der Waals surface area contributed by atoms with Gasteiger partial charge in [-0.15, -0.1) is 0 Å². The van der Waals surface area contributed by atoms with Crippen LogP contribution >= 0.6 is 15.9 Å². The SMILES string of the molecule is Cc1cc(CNc2cccc(Br)c2C(=O)O)cc(C)c1F. The largest absolute Gasteiger partial charge is 0.478 e. The van der Waals surface area contributed by atoms with Crippen LogP contribution in [-0.2, 0) is 6.54 Å². The van der Waals surface area contributed by atoms with Crippen LogP contribution in [0.1, 0.15) is 27.0 Å². The van der Waals surface area contributed by atoms with E-state index in [2.05, 4.69) is 21.2 Å². The Hall–Kier alpha value is -1.88. The van der Waals surface area contributed by atoms with Crippen molar-refractivity contribution < 1.29 is 14.3 Å². The first-order valence-corrected chi connectivity index (χ1v) is 7.20. The zero-order valence-corrected chi connectivity index (χ0v) is 13.3. The lowest BCUT2D eigenvalue weighted by atomic mass is 10.1. The monoisotopic (exact) mass is 351 g/mol. The summed E-state index contributed by atoms with van der Waals surface area (Å²) in [5, 5.41) is 12.3. The van der Waals surface area contributed by atoms with Gasteiger partial charge in [0.25, 0.3) is 0 Å². The summed E-state index contributed by atoms with van der Waals surface area (Å²) in [6.07, 6.45) is 0. The normalized spacial score (nSPS) is 10.5. The molecule has 0 saturated carbocycles. The lowest BCUT2D eigenvalue weighted by Gasteiger charge is -2.12. The molecule has 0 aliphatic carbocycles. The number of nitrogens with one attached hydrogen (secondary N) is 1. The highest BCUT2D eigenvalue weighted by molar-refractivity contribution is 9.10. The van der Waals surface area contributed by atoms with Crippen molar-refractivity contribution in [1.29, 1.82) is 0 Å². The van der Waals surface area contributed by atoms with Crippen LogP contribution in [0.3, 0.4) is 0 Å². The maximum absolute atomic E-state index is 13.6. The highest BCUT2D eigenvalue weighted by Crippen LogP contribution is 2.25. The van der Waals surface area contributed by atoms with Crippen molar-refractivity contribution in [3.63, 3.8) is 0 Å². The molecule has 0 radical (unpaired) electrons. The fraction of sp³-hybridized carbons (Fsp3) is 0.188. The second-order valence-electron chi connectivity index (χ2n) is 4.86. The summed E-state index contributed by atoms with van der Waals surface area (Å²) in [7, 11) is 0. The van der Waals surface area contributed by atoms with Gasteiger partial charge in [0.2, 0.25) is 0 Å². The van der Waals surface area contributed by atoms with E-state index in [1.807, 2.05) is 0 Å². The molecule has 0 unspecified atom stereocenters. The van der Waals surface area contributed by atoms with Gasteiger partial charge in [0.1, 0.15) is 5.82 Å². The topological polar surface area (TPSA) is 49.3 Å². The van der Waals surface area contributed by atoms with Gasteiger partial charge in [0.15, 0.2) is 0 Å². The van der Waals surface area contributed by atoms with E-state index >= 15 is 0 Å². The van der Waals surface area contributed by atoms with Crippen LogP contribution in [0.4, 0.5) is 10.1 Å². The summed E-state index contributed by atoms with van der Waals surface area (Å²) in [4.78, 5) is 11.3. The third-order valence-corrected chi connectivity index (χ3v) is 3.87. The highest BCUT2D eigenvalue weighted by Gasteiger charge is 2.14. The molecule has 5 heteroatoms. The van der Waals surface area contributed by atoms with Crippen LogP contribution in [-0.4, -0.2) is 11.1 Å². The molecule has 0 spiro atoms. The zero-order chi connectivity index (χ0) is 15.6. The fourth-order valence-corrected chi connectivity index (χ4v) is 2.76. The summed E-state index contributed by atoms with van der Waals surface area (Å²) in [6, 6.07) is 8.67. The Balaban J connectivity index is 2.25. The molecule has 2 N–H and O–H groups in total. The van der Waals surface area contributed by atoms with Crippen molar-refractivity contribution in [1.82, 2.24) is 0 Å². The molecule has 2 aromatic carbocycles. The molecule has 21 heavy (non-hydrogen) atoms. The second-order valence-corrected chi connectivity index (χ2v) is 5.72. The van der Waals surface area contributed by atoms with E-state index in [-0.39, 0.29) is 11.4 Å². The minimum atomic E-state index is -1.00. The summed E-state index contributed by atoms with van der Waals surface area (Å²) >= 11 is 3.24. The van der Waals surface area contributed by atoms with Crippen LogP contribution in [0.15, 0.2) is 34.8 Å². The van der Waals surface area contributed by atoms with Crippen LogP contribution in [0, 0.1) is 19.7 Å². The van der Waals surface area contributed by atoms with Crippen LogP contribution in [0.2, 0.25) is 0 Å². The molecule has 0 bridgehead atoms. The van der Waals surface area contributed by atoms with E-state index < -0.39 is 5.97 Å². The van der Waals surface area contributed by atoms with Gasteiger partial charge in [-0.05, 0) is 58.6 Å². The third kappa shape index (κ3) is 3.42. The van der Waals surface area contributed by atoms with Gasteiger partial charge in [0.05, 0.1) is 11.3 Å². The summed E-state index contributed by atoms with van der Waals surface area (Å²) in [5.74, 6) is -1.20. The van der Waals surface area contributed by atoms with Gasteiger partial charge in [-0.2, -0.15) is 0 Å². The first-order chi connectivity index (χ1) is 9.90. The van der Waals surface area contributed by atoms with E-state index in [1.165, 1.54) is 0 Å². The molecule has 2 rings (SSSR count). The Morgan fingerprint density at radius 1 is 1.29 bits per heavy atom. The molecule has 3 nitrogen and oxygen atoms in total. The number of anilines is 1. The molecule has 0 aliphatic rings. The molecular formula is C16H15BrFNO2. The molecular weight excluding hydrogens is 337 g/mol. The number of hydrogen-bond acceptors (Lipinski definition) is 2. The maximum Gasteiger partial charge on any atom is 0.338 e. The average molecular weight is 352 g/mol. The van der Waals surface area contributed by atoms with Crippen molar-refractivity contribution in [2.24, 2.45) is 0 Å². The number of carboxylic acids is 1. The second kappa shape index (κ2) is 6.26. The van der Waals surface area contributed by atoms with E-state index in [1.54, 1.807) is 44.2 Å². The van der Waals surface area contributed by atoms with Gasteiger partial charge >= 0.3 is 5.97 Å². The molecule has 0 fully saturated rings. The third-order valence-electron chi connectivity index (χ3n) is 3.21. The number of hydrogen-bond donors (Lipinski definition) is 2. The van der Waals surface area contributed by atoms with Crippen LogP contribution < -0.4 is 5.32 Å². The van der Waals surface area contributed by atoms with Crippen molar-refractivity contribution in [2.75, 3.05) is 5.32 Å². The standard InChI is InChI=1S/C16H15BrFNO2/c1-9-6-11(7-10(2)15(9)18)8-19-13-5-3-4-12(17)14(13)16(20)21/h3-7,19H,8H2,1-2H3,(H,20,21). The minimum Gasteiger partial charge on any atom is -0.478 e. The molecule has 0 saturated heterocycles. The van der Waals surface area contributed by atoms with Gasteiger partial charge in [-0.3, -0.25) is 0 Å². The predicted octanol–water partition coefficient (Wildman–Crippen LogP) is 4.52. The van der Waals surface area contributed by atoms with Crippen molar-refractivity contribution in [3.8, 4) is 0 Å². The minimum absolute atomic E-state index is 0.188. The van der Waals surface area contributed by atoms with Crippen molar-refractivity contribution >= 4 is 27.6 Å². The van der Waals surface area contributed by atoms with Crippen LogP contribution in [0.25, 0.3) is 0 Å². The summed E-state index contributed by atoms with van der Waals surface area (Å²) < 4.78 is 14.1. The lowest BCUT2D eigenvalue weighted by molar-refractivity contribution is 0.0697. The number of carboxylic acid groups (broad SMARTS) is 1. The van der Waals surface area contributed by atoms with Gasteiger partial charge in [-0.1, -0.05) is 18.2 Å². The lowest BCUT2D eigenvalue weighted by Crippen LogP contribution is -2.07. The first kappa shape index (κ1) is 15.5. The number of aryl methyl sites for hydroxylation is 2. The Morgan fingerprint density at radius 3 is 2.48 bits per heavy atom. The molecule has 0 heterocycles. The number of carbonyl (C=O) groups is 1. The zero-order valence-electron chi connectivity index (χ0n) is 11.7. The van der Waals surface area contributed by atoms with Crippen molar-refractivity contribution in [3.05, 3.63) is 62.9 Å². The Kier molecular flexibility index (Phi) is 4.63. The first-order valence-electron chi connectivity index (χ1n) is 6.41. The quantitative estimate of drug-likeness (QED) is 0.851. The van der Waals surface area contributed by atoms with Crippen LogP contribution in [0.5, 0.6) is 0 Å². The molecule has 2 aromatic rings. The Bertz CT molecular complexity index is 678. The number of benzene rings is 2. The maximum atomic E-state index is 13.6. The fourth-order valence-electron chi connectivity index (χ4n) is 2.22. The van der Waals surface area contributed by atoms with E-state index in [0.29, 0.717) is 27.8 Å². The Morgan fingerprint density at radius 2 is 1.90 bits per heavy atom. The molecule has 0 aromatic heterocycles. The highest BCUT2D eigenvalue weighted by atomic mass is 79.9. The molecule has 0 aliphatic heterocycles.